The van der Waals surface area contributed by atoms with Crippen LogP contribution in [-0.4, -0.2) is 27.6 Å². The highest BCUT2D eigenvalue weighted by atomic mass is 32.2. The van der Waals surface area contributed by atoms with Gasteiger partial charge in [-0.2, -0.15) is 0 Å². The lowest BCUT2D eigenvalue weighted by atomic mass is 10.1. The van der Waals surface area contributed by atoms with Crippen LogP contribution in [0.25, 0.3) is 0 Å². The lowest BCUT2D eigenvalue weighted by Gasteiger charge is -2.22. The van der Waals surface area contributed by atoms with Crippen LogP contribution in [0.4, 0.5) is 0 Å². The minimum Gasteiger partial charge on any atom is -0.379 e. The van der Waals surface area contributed by atoms with Crippen LogP contribution in [0.1, 0.15) is 32.8 Å². The van der Waals surface area contributed by atoms with E-state index >= 15 is 0 Å². The van der Waals surface area contributed by atoms with Gasteiger partial charge in [0.05, 0.1) is 5.71 Å². The molecular weight excluding hydrogens is 262 g/mol. The van der Waals surface area contributed by atoms with Crippen molar-refractivity contribution in [3.8, 4) is 0 Å². The molecule has 1 aromatic carbocycles. The summed E-state index contributed by atoms with van der Waals surface area (Å²) in [5.74, 6) is -0.747. The van der Waals surface area contributed by atoms with Gasteiger partial charge in [-0.05, 0) is 19.9 Å². The highest BCUT2D eigenvalue weighted by Crippen LogP contribution is 2.35. The Kier molecular flexibility index (Phi) is 3.96. The zero-order chi connectivity index (χ0) is 14.0. The van der Waals surface area contributed by atoms with E-state index in [1.165, 1.54) is 13.8 Å². The van der Waals surface area contributed by atoms with Crippen molar-refractivity contribution in [2.75, 3.05) is 0 Å². The normalized spacial score (nSPS) is 21.1. The summed E-state index contributed by atoms with van der Waals surface area (Å²) < 4.78 is 0. The molecule has 0 aromatic heterocycles. The number of fused-ring (bicyclic) bond motifs is 1. The molecule has 0 spiro atoms. The summed E-state index contributed by atoms with van der Waals surface area (Å²) in [4.78, 5) is 17.5. The number of hydrogen-bond donors (Lipinski definition) is 1. The summed E-state index contributed by atoms with van der Waals surface area (Å²) in [6.07, 6.45) is 0.737. The van der Waals surface area contributed by atoms with Gasteiger partial charge in [0.2, 0.25) is 0 Å². The number of carbonyl (C=O) groups is 1. The zero-order valence-corrected chi connectivity index (χ0v) is 12.0. The van der Waals surface area contributed by atoms with E-state index in [2.05, 4.69) is 12.1 Å². The van der Waals surface area contributed by atoms with Crippen LogP contribution in [0.3, 0.4) is 0 Å². The second kappa shape index (κ2) is 5.35. The summed E-state index contributed by atoms with van der Waals surface area (Å²) in [6, 6.07) is 7.90. The monoisotopic (exact) mass is 279 g/mol. The second-order valence-corrected chi connectivity index (χ2v) is 6.58. The maximum Gasteiger partial charge on any atom is 0.365 e. The second-order valence-electron chi connectivity index (χ2n) is 5.10. The first-order chi connectivity index (χ1) is 8.88. The summed E-state index contributed by atoms with van der Waals surface area (Å²) >= 11 is 1.78. The largest absolute Gasteiger partial charge is 0.379 e. The third-order valence-electron chi connectivity index (χ3n) is 2.75. The third-order valence-corrected chi connectivity index (χ3v) is 3.92. The molecule has 0 fully saturated rings. The Bertz CT molecular complexity index is 520. The summed E-state index contributed by atoms with van der Waals surface area (Å²) in [7, 11) is 0. The molecule has 1 heterocycles. The maximum atomic E-state index is 11.5. The molecule has 1 atom stereocenters. The van der Waals surface area contributed by atoms with Gasteiger partial charge in [-0.3, -0.25) is 0 Å². The fourth-order valence-corrected chi connectivity index (χ4v) is 2.89. The van der Waals surface area contributed by atoms with E-state index in [1.807, 2.05) is 24.3 Å². The molecule has 1 aromatic rings. The summed E-state index contributed by atoms with van der Waals surface area (Å²) in [6.45, 7) is 4.86. The van der Waals surface area contributed by atoms with Crippen molar-refractivity contribution < 1.29 is 14.7 Å². The SMILES string of the molecule is CC1C/C(=N\OC(=O)C(C)(C)O)c2ccccc2S1. The molecule has 0 bridgehead atoms. The maximum absolute atomic E-state index is 11.5. The smallest absolute Gasteiger partial charge is 0.365 e. The Morgan fingerprint density at radius 2 is 2.16 bits per heavy atom. The molecule has 1 unspecified atom stereocenters. The van der Waals surface area contributed by atoms with Crippen molar-refractivity contribution >= 4 is 23.4 Å². The summed E-state index contributed by atoms with van der Waals surface area (Å²) in [5, 5.41) is 13.8. The molecule has 1 aliphatic rings. The van der Waals surface area contributed by atoms with E-state index in [0.29, 0.717) is 5.25 Å². The van der Waals surface area contributed by atoms with Gasteiger partial charge in [0.15, 0.2) is 5.60 Å². The van der Waals surface area contributed by atoms with Crippen molar-refractivity contribution in [2.45, 2.75) is 42.9 Å². The Balaban J connectivity index is 2.23. The minimum atomic E-state index is -1.53. The van der Waals surface area contributed by atoms with Crippen molar-refractivity contribution in [1.29, 1.82) is 0 Å². The van der Waals surface area contributed by atoms with Crippen LogP contribution in [0.5, 0.6) is 0 Å². The molecule has 1 N–H and O–H groups in total. The fraction of sp³-hybridized carbons (Fsp3) is 0.429. The van der Waals surface area contributed by atoms with E-state index in [4.69, 9.17) is 4.84 Å². The van der Waals surface area contributed by atoms with Crippen molar-refractivity contribution in [2.24, 2.45) is 5.16 Å². The van der Waals surface area contributed by atoms with Crippen LogP contribution in [0.15, 0.2) is 34.3 Å². The lowest BCUT2D eigenvalue weighted by Crippen LogP contribution is -2.32. The van der Waals surface area contributed by atoms with Gasteiger partial charge >= 0.3 is 5.97 Å². The van der Waals surface area contributed by atoms with E-state index < -0.39 is 11.6 Å². The van der Waals surface area contributed by atoms with Crippen LogP contribution >= 0.6 is 11.8 Å². The standard InChI is InChI=1S/C14H17NO3S/c1-9-8-11(15-18-13(16)14(2,3)17)10-6-4-5-7-12(10)19-9/h4-7,9,17H,8H2,1-3H3/b15-11+. The van der Waals surface area contributed by atoms with Crippen molar-refractivity contribution in [3.05, 3.63) is 29.8 Å². The van der Waals surface area contributed by atoms with Gasteiger partial charge in [-0.1, -0.05) is 30.3 Å². The molecule has 0 aliphatic carbocycles. The third kappa shape index (κ3) is 3.36. The number of hydrogen-bond acceptors (Lipinski definition) is 5. The highest BCUT2D eigenvalue weighted by Gasteiger charge is 2.27. The quantitative estimate of drug-likeness (QED) is 0.668. The zero-order valence-electron chi connectivity index (χ0n) is 11.2. The Morgan fingerprint density at radius 3 is 2.84 bits per heavy atom. The molecule has 0 saturated carbocycles. The molecule has 0 saturated heterocycles. The van der Waals surface area contributed by atoms with Gasteiger partial charge in [-0.15, -0.1) is 11.8 Å². The average Bonchev–Trinajstić information content (AvgIpc) is 2.34. The number of oxime groups is 1. The first kappa shape index (κ1) is 14.1. The van der Waals surface area contributed by atoms with E-state index in [9.17, 15) is 9.90 Å². The number of rotatable bonds is 2. The minimum absolute atomic E-state index is 0.384. The molecule has 2 rings (SSSR count). The summed E-state index contributed by atoms with van der Waals surface area (Å²) in [5.41, 5.74) is 0.215. The van der Waals surface area contributed by atoms with E-state index in [1.54, 1.807) is 11.8 Å². The van der Waals surface area contributed by atoms with Crippen LogP contribution < -0.4 is 0 Å². The highest BCUT2D eigenvalue weighted by molar-refractivity contribution is 8.00. The number of aliphatic hydroxyl groups is 1. The molecule has 102 valence electrons. The van der Waals surface area contributed by atoms with E-state index in [-0.39, 0.29) is 0 Å². The fourth-order valence-electron chi connectivity index (χ4n) is 1.74. The van der Waals surface area contributed by atoms with Gasteiger partial charge < -0.3 is 9.94 Å². The topological polar surface area (TPSA) is 58.9 Å². The Morgan fingerprint density at radius 1 is 1.47 bits per heavy atom. The Hall–Kier alpha value is -1.33. The van der Waals surface area contributed by atoms with Crippen molar-refractivity contribution in [1.82, 2.24) is 0 Å². The molecule has 1 aliphatic heterocycles. The molecule has 19 heavy (non-hydrogen) atoms. The van der Waals surface area contributed by atoms with Crippen LogP contribution in [0, 0.1) is 0 Å². The van der Waals surface area contributed by atoms with Gasteiger partial charge in [-0.25, -0.2) is 4.79 Å². The van der Waals surface area contributed by atoms with Crippen LogP contribution in [-0.2, 0) is 9.63 Å². The van der Waals surface area contributed by atoms with E-state index in [0.717, 1.165) is 22.6 Å². The first-order valence-electron chi connectivity index (χ1n) is 6.14. The number of nitrogens with zero attached hydrogens (tertiary/aromatic N) is 1. The predicted octanol–water partition coefficient (Wildman–Crippen LogP) is 2.59. The predicted molar refractivity (Wildman–Crippen MR) is 75.3 cm³/mol. The molecule has 0 amide bonds. The number of benzene rings is 1. The van der Waals surface area contributed by atoms with Gasteiger partial charge in [0.1, 0.15) is 0 Å². The lowest BCUT2D eigenvalue weighted by molar-refractivity contribution is -0.161. The average molecular weight is 279 g/mol. The number of thioether (sulfide) groups is 1. The van der Waals surface area contributed by atoms with Gasteiger partial charge in [0, 0.05) is 22.1 Å². The molecule has 4 nitrogen and oxygen atoms in total. The molecule has 0 radical (unpaired) electrons. The molecule has 5 heteroatoms. The molecular formula is C14H17NO3S. The Labute approximate surface area is 116 Å². The first-order valence-corrected chi connectivity index (χ1v) is 7.02. The number of carbonyl (C=O) groups excluding carboxylic acids is 1. The van der Waals surface area contributed by atoms with Gasteiger partial charge in [0.25, 0.3) is 0 Å². The van der Waals surface area contributed by atoms with Crippen LogP contribution in [0.2, 0.25) is 0 Å². The van der Waals surface area contributed by atoms with Crippen molar-refractivity contribution in [3.63, 3.8) is 0 Å².